The predicted molar refractivity (Wildman–Crippen MR) is 110 cm³/mol. The molecule has 0 aliphatic heterocycles. The Morgan fingerprint density at radius 3 is 2.16 bits per heavy atom. The van der Waals surface area contributed by atoms with Crippen molar-refractivity contribution in [3.05, 3.63) is 80.8 Å². The van der Waals surface area contributed by atoms with E-state index >= 15 is 0 Å². The van der Waals surface area contributed by atoms with Crippen LogP contribution in [0.5, 0.6) is 0 Å². The van der Waals surface area contributed by atoms with Gasteiger partial charge in [-0.1, -0.05) is 46.9 Å². The predicted octanol–water partition coefficient (Wildman–Crippen LogP) is 6.64. The number of aromatic nitrogens is 2. The van der Waals surface area contributed by atoms with Gasteiger partial charge < -0.3 is 5.32 Å². The Bertz CT molecular complexity index is 1150. The van der Waals surface area contributed by atoms with E-state index in [0.717, 1.165) is 18.3 Å². The van der Waals surface area contributed by atoms with Crippen molar-refractivity contribution in [2.45, 2.75) is 12.1 Å². The first kappa shape index (κ1) is 24.2. The van der Waals surface area contributed by atoms with Crippen LogP contribution in [-0.4, -0.2) is 22.4 Å². The first-order valence-corrected chi connectivity index (χ1v) is 9.83. The molecule has 0 atom stereocenters. The lowest BCUT2D eigenvalue weighted by molar-refractivity contribution is -0.137. The molecule has 2 heterocycles. The van der Waals surface area contributed by atoms with Gasteiger partial charge in [-0.15, -0.1) is 0 Å². The SMILES string of the molecule is O=C(NCC(F)(F)c1ncc(-c2cc(Cl)nc(Cl)c2)cc1Cl)c1ccccc1C(F)(F)F. The molecule has 3 aromatic rings. The minimum absolute atomic E-state index is 0.0693. The molecule has 2 aromatic heterocycles. The highest BCUT2D eigenvalue weighted by atomic mass is 35.5. The van der Waals surface area contributed by atoms with Gasteiger partial charge in [-0.25, -0.2) is 4.98 Å². The molecule has 0 spiro atoms. The van der Waals surface area contributed by atoms with E-state index in [-0.39, 0.29) is 10.3 Å². The van der Waals surface area contributed by atoms with Crippen LogP contribution in [0.15, 0.2) is 48.7 Å². The summed E-state index contributed by atoms with van der Waals surface area (Å²) >= 11 is 17.6. The van der Waals surface area contributed by atoms with Crippen LogP contribution in [0.4, 0.5) is 22.0 Å². The fourth-order valence-corrected chi connectivity index (χ4v) is 3.56. The molecule has 32 heavy (non-hydrogen) atoms. The highest BCUT2D eigenvalue weighted by Gasteiger charge is 2.38. The summed E-state index contributed by atoms with van der Waals surface area (Å²) in [5.41, 5.74) is -2.13. The summed E-state index contributed by atoms with van der Waals surface area (Å²) in [4.78, 5) is 19.6. The van der Waals surface area contributed by atoms with Gasteiger partial charge in [0.2, 0.25) is 0 Å². The summed E-state index contributed by atoms with van der Waals surface area (Å²) in [6.07, 6.45) is -3.73. The van der Waals surface area contributed by atoms with E-state index in [9.17, 15) is 26.7 Å². The van der Waals surface area contributed by atoms with Crippen molar-refractivity contribution in [1.82, 2.24) is 15.3 Å². The molecule has 0 saturated carbocycles. The number of carbonyl (C=O) groups excluding carboxylic acids is 1. The number of nitrogens with one attached hydrogen (secondary N) is 1. The van der Waals surface area contributed by atoms with E-state index in [1.807, 2.05) is 5.32 Å². The highest BCUT2D eigenvalue weighted by Crippen LogP contribution is 2.35. The Labute approximate surface area is 193 Å². The molecular weight excluding hydrogens is 500 g/mol. The second-order valence-corrected chi connectivity index (χ2v) is 7.67. The zero-order valence-corrected chi connectivity index (χ0v) is 17.9. The van der Waals surface area contributed by atoms with Crippen LogP contribution in [0.2, 0.25) is 15.3 Å². The molecule has 12 heteroatoms. The van der Waals surface area contributed by atoms with E-state index in [2.05, 4.69) is 9.97 Å². The summed E-state index contributed by atoms with van der Waals surface area (Å²) in [6.45, 7) is -1.32. The van der Waals surface area contributed by atoms with Gasteiger partial charge in [0.05, 0.1) is 22.7 Å². The van der Waals surface area contributed by atoms with Gasteiger partial charge in [0.15, 0.2) is 0 Å². The third-order valence-corrected chi connectivity index (χ3v) is 4.91. The minimum Gasteiger partial charge on any atom is -0.346 e. The lowest BCUT2D eigenvalue weighted by Gasteiger charge is -2.19. The van der Waals surface area contributed by atoms with Crippen LogP contribution in [0.25, 0.3) is 11.1 Å². The third-order valence-electron chi connectivity index (χ3n) is 4.23. The van der Waals surface area contributed by atoms with Crippen molar-refractivity contribution in [3.8, 4) is 11.1 Å². The quantitative estimate of drug-likeness (QED) is 0.309. The maximum atomic E-state index is 14.7. The summed E-state index contributed by atoms with van der Waals surface area (Å²) in [7, 11) is 0. The van der Waals surface area contributed by atoms with Gasteiger partial charge in [-0.3, -0.25) is 9.78 Å². The summed E-state index contributed by atoms with van der Waals surface area (Å²) in [6, 6.07) is 7.90. The maximum Gasteiger partial charge on any atom is 0.417 e. The first-order chi connectivity index (χ1) is 14.9. The second kappa shape index (κ2) is 9.17. The van der Waals surface area contributed by atoms with Gasteiger partial charge in [0.25, 0.3) is 5.91 Å². The molecule has 1 amide bonds. The number of hydrogen-bond donors (Lipinski definition) is 1. The van der Waals surface area contributed by atoms with Crippen molar-refractivity contribution in [3.63, 3.8) is 0 Å². The number of halogens is 8. The normalized spacial score (nSPS) is 12.0. The number of alkyl halides is 5. The number of rotatable bonds is 5. The van der Waals surface area contributed by atoms with Crippen LogP contribution < -0.4 is 5.32 Å². The summed E-state index contributed by atoms with van der Waals surface area (Å²) in [5.74, 6) is -5.09. The van der Waals surface area contributed by atoms with Gasteiger partial charge >= 0.3 is 12.1 Å². The fraction of sp³-hybridized carbons (Fsp3) is 0.150. The van der Waals surface area contributed by atoms with E-state index in [1.54, 1.807) is 0 Å². The monoisotopic (exact) mass is 509 g/mol. The zero-order valence-electron chi connectivity index (χ0n) is 15.7. The Morgan fingerprint density at radius 1 is 0.938 bits per heavy atom. The van der Waals surface area contributed by atoms with Crippen molar-refractivity contribution in [1.29, 1.82) is 0 Å². The van der Waals surface area contributed by atoms with Gasteiger partial charge in [-0.05, 0) is 35.9 Å². The van der Waals surface area contributed by atoms with Crippen molar-refractivity contribution >= 4 is 40.7 Å². The van der Waals surface area contributed by atoms with Gasteiger partial charge in [0.1, 0.15) is 16.0 Å². The Hall–Kier alpha value is -2.49. The molecule has 3 rings (SSSR count). The summed E-state index contributed by atoms with van der Waals surface area (Å²) < 4.78 is 68.5. The second-order valence-electron chi connectivity index (χ2n) is 6.49. The Morgan fingerprint density at radius 2 is 1.56 bits per heavy atom. The van der Waals surface area contributed by atoms with Crippen LogP contribution in [-0.2, 0) is 12.1 Å². The molecule has 1 aromatic carbocycles. The fourth-order valence-electron chi connectivity index (χ4n) is 2.80. The Balaban J connectivity index is 1.81. The standard InChI is InChI=1S/C20H11Cl3F5N3O/c21-14-5-11(10-6-15(22)31-16(23)7-10)8-29-17(14)19(24,25)9-30-18(32)12-3-1-2-4-13(12)20(26,27)28/h1-8H,9H2,(H,30,32). The first-order valence-electron chi connectivity index (χ1n) is 8.70. The highest BCUT2D eigenvalue weighted by molar-refractivity contribution is 6.33. The van der Waals surface area contributed by atoms with Crippen molar-refractivity contribution < 1.29 is 26.7 Å². The topological polar surface area (TPSA) is 54.9 Å². The molecule has 168 valence electrons. The van der Waals surface area contributed by atoms with E-state index in [4.69, 9.17) is 34.8 Å². The van der Waals surface area contributed by atoms with Crippen molar-refractivity contribution in [2.75, 3.05) is 6.54 Å². The average molecular weight is 511 g/mol. The van der Waals surface area contributed by atoms with Gasteiger partial charge in [-0.2, -0.15) is 22.0 Å². The number of amides is 1. The van der Waals surface area contributed by atoms with Crippen LogP contribution in [0.3, 0.4) is 0 Å². The van der Waals surface area contributed by atoms with Crippen LogP contribution in [0.1, 0.15) is 21.6 Å². The maximum absolute atomic E-state index is 14.7. The molecule has 1 N–H and O–H groups in total. The molecule has 0 aliphatic rings. The number of carbonyl (C=O) groups is 1. The van der Waals surface area contributed by atoms with Crippen molar-refractivity contribution in [2.24, 2.45) is 0 Å². The van der Waals surface area contributed by atoms with E-state index < -0.39 is 46.4 Å². The molecule has 0 radical (unpaired) electrons. The average Bonchev–Trinajstić information content (AvgIpc) is 2.70. The Kier molecular flexibility index (Phi) is 6.92. The summed E-state index contributed by atoms with van der Waals surface area (Å²) in [5, 5.41) is 1.52. The van der Waals surface area contributed by atoms with E-state index in [1.165, 1.54) is 24.3 Å². The smallest absolute Gasteiger partial charge is 0.346 e. The van der Waals surface area contributed by atoms with Crippen LogP contribution in [0, 0.1) is 0 Å². The zero-order chi connectivity index (χ0) is 23.7. The number of nitrogens with zero attached hydrogens (tertiary/aromatic N) is 2. The molecule has 0 unspecified atom stereocenters. The molecule has 0 bridgehead atoms. The molecule has 4 nitrogen and oxygen atoms in total. The van der Waals surface area contributed by atoms with Gasteiger partial charge in [0, 0.05) is 11.8 Å². The number of benzene rings is 1. The van der Waals surface area contributed by atoms with Crippen LogP contribution >= 0.6 is 34.8 Å². The van der Waals surface area contributed by atoms with E-state index in [0.29, 0.717) is 17.2 Å². The molecule has 0 aliphatic carbocycles. The lowest BCUT2D eigenvalue weighted by atomic mass is 10.1. The largest absolute Gasteiger partial charge is 0.417 e. The number of hydrogen-bond acceptors (Lipinski definition) is 3. The number of pyridine rings is 2. The molecular formula is C20H11Cl3F5N3O. The minimum atomic E-state index is -4.82. The molecule has 0 fully saturated rings. The molecule has 0 saturated heterocycles. The third kappa shape index (κ3) is 5.46. The lowest BCUT2D eigenvalue weighted by Crippen LogP contribution is -2.36.